The highest BCUT2D eigenvalue weighted by Gasteiger charge is 2.19. The average molecular weight is 348 g/mol. The van der Waals surface area contributed by atoms with Crippen molar-refractivity contribution < 1.29 is 9.59 Å². The SMILES string of the molecule is CC.CCCCCC(=O)N1CCN(SN)CC1.O=C1NCCN1. The molecule has 0 aromatic carbocycles. The summed E-state index contributed by atoms with van der Waals surface area (Å²) in [5.74, 6) is 0.310. The van der Waals surface area contributed by atoms with E-state index in [1.165, 1.54) is 18.6 Å². The average Bonchev–Trinajstić information content (AvgIpc) is 3.08. The number of unbranched alkanes of at least 4 members (excludes halogenated alkanes) is 2. The van der Waals surface area contributed by atoms with Crippen molar-refractivity contribution in [3.63, 3.8) is 0 Å². The van der Waals surface area contributed by atoms with Gasteiger partial charge in [0.25, 0.3) is 0 Å². The topological polar surface area (TPSA) is 90.7 Å². The van der Waals surface area contributed by atoms with Crippen LogP contribution in [0.3, 0.4) is 0 Å². The van der Waals surface area contributed by atoms with Crippen LogP contribution >= 0.6 is 12.1 Å². The highest BCUT2D eigenvalue weighted by atomic mass is 32.2. The monoisotopic (exact) mass is 347 g/mol. The van der Waals surface area contributed by atoms with Crippen LogP contribution in [0.25, 0.3) is 0 Å². The molecule has 2 aliphatic heterocycles. The lowest BCUT2D eigenvalue weighted by molar-refractivity contribution is -0.132. The first kappa shape index (κ1) is 22.0. The summed E-state index contributed by atoms with van der Waals surface area (Å²) in [7, 11) is 0. The summed E-state index contributed by atoms with van der Waals surface area (Å²) >= 11 is 1.28. The molecule has 2 heterocycles. The fourth-order valence-electron chi connectivity index (χ4n) is 2.14. The smallest absolute Gasteiger partial charge is 0.314 e. The number of carbonyl (C=O) groups excluding carboxylic acids is 2. The van der Waals surface area contributed by atoms with E-state index in [1.807, 2.05) is 18.7 Å². The number of hydrogen-bond acceptors (Lipinski definition) is 5. The lowest BCUT2D eigenvalue weighted by atomic mass is 10.2. The highest BCUT2D eigenvalue weighted by molar-refractivity contribution is 7.94. The molecule has 3 amide bonds. The lowest BCUT2D eigenvalue weighted by Crippen LogP contribution is -2.46. The number of rotatable bonds is 5. The van der Waals surface area contributed by atoms with Gasteiger partial charge in [0.2, 0.25) is 5.91 Å². The highest BCUT2D eigenvalue weighted by Crippen LogP contribution is 2.10. The van der Waals surface area contributed by atoms with E-state index >= 15 is 0 Å². The molecule has 0 aromatic rings. The van der Waals surface area contributed by atoms with Gasteiger partial charge >= 0.3 is 6.03 Å². The Morgan fingerprint density at radius 3 is 2.09 bits per heavy atom. The summed E-state index contributed by atoms with van der Waals surface area (Å²) in [4.78, 5) is 23.7. The summed E-state index contributed by atoms with van der Waals surface area (Å²) in [6.45, 7) is 11.1. The number of carbonyl (C=O) groups is 2. The Kier molecular flexibility index (Phi) is 14.0. The first-order valence-electron chi connectivity index (χ1n) is 8.58. The van der Waals surface area contributed by atoms with Crippen LogP contribution in [0.15, 0.2) is 0 Å². The van der Waals surface area contributed by atoms with E-state index in [4.69, 9.17) is 5.14 Å². The second-order valence-electron chi connectivity index (χ2n) is 5.05. The third-order valence-electron chi connectivity index (χ3n) is 3.43. The van der Waals surface area contributed by atoms with Crippen molar-refractivity contribution in [1.29, 1.82) is 0 Å². The number of nitrogens with one attached hydrogen (secondary N) is 2. The van der Waals surface area contributed by atoms with E-state index in [0.717, 1.165) is 52.1 Å². The van der Waals surface area contributed by atoms with Crippen molar-refractivity contribution in [2.24, 2.45) is 5.14 Å². The summed E-state index contributed by atoms with van der Waals surface area (Å²) in [6, 6.07) is -0.0463. The Morgan fingerprint density at radius 1 is 1.13 bits per heavy atom. The molecule has 0 radical (unpaired) electrons. The predicted molar refractivity (Wildman–Crippen MR) is 96.8 cm³/mol. The minimum atomic E-state index is -0.0463. The van der Waals surface area contributed by atoms with Gasteiger partial charge in [-0.1, -0.05) is 33.6 Å². The maximum Gasteiger partial charge on any atom is 0.314 e. The second-order valence-corrected chi connectivity index (χ2v) is 5.78. The fraction of sp³-hybridized carbons (Fsp3) is 0.867. The maximum atomic E-state index is 11.7. The van der Waals surface area contributed by atoms with Crippen LogP contribution in [0, 0.1) is 0 Å². The zero-order chi connectivity index (χ0) is 17.5. The number of urea groups is 1. The molecule has 0 unspecified atom stereocenters. The number of amides is 3. The van der Waals surface area contributed by atoms with Crippen LogP contribution in [0.5, 0.6) is 0 Å². The van der Waals surface area contributed by atoms with Crippen molar-refractivity contribution in [2.45, 2.75) is 46.5 Å². The Hall–Kier alpha value is -0.990. The third kappa shape index (κ3) is 10.4. The maximum absolute atomic E-state index is 11.7. The summed E-state index contributed by atoms with van der Waals surface area (Å²) in [5, 5.41) is 10.6. The molecule has 2 saturated heterocycles. The van der Waals surface area contributed by atoms with E-state index in [2.05, 4.69) is 21.9 Å². The van der Waals surface area contributed by atoms with Gasteiger partial charge in [-0.3, -0.25) is 9.93 Å². The van der Waals surface area contributed by atoms with Gasteiger partial charge in [0.05, 0.1) is 0 Å². The van der Waals surface area contributed by atoms with E-state index in [1.54, 1.807) is 0 Å². The van der Waals surface area contributed by atoms with E-state index in [9.17, 15) is 9.59 Å². The van der Waals surface area contributed by atoms with Crippen LogP contribution < -0.4 is 15.8 Å². The minimum absolute atomic E-state index is 0.0463. The second kappa shape index (κ2) is 14.6. The zero-order valence-corrected chi connectivity index (χ0v) is 15.6. The molecule has 0 aliphatic carbocycles. The van der Waals surface area contributed by atoms with Crippen molar-refractivity contribution in [2.75, 3.05) is 39.3 Å². The molecule has 2 aliphatic rings. The van der Waals surface area contributed by atoms with Crippen molar-refractivity contribution in [1.82, 2.24) is 19.8 Å². The molecular weight excluding hydrogens is 314 g/mol. The van der Waals surface area contributed by atoms with Crippen LogP contribution in [0.1, 0.15) is 46.5 Å². The van der Waals surface area contributed by atoms with E-state index in [-0.39, 0.29) is 6.03 Å². The van der Waals surface area contributed by atoms with Gasteiger partial charge in [-0.15, -0.1) is 0 Å². The Balaban J connectivity index is 0.000000501. The standard InChI is InChI=1S/C10H21N3OS.C3H6N2O.C2H6/c1-2-3-4-5-10(14)12-6-8-13(15-11)9-7-12;6-3-4-1-2-5-3;1-2/h2-9,11H2,1H3;1-2H2,(H2,4,5,6);1-2H3. The molecular formula is C15H33N5O2S. The Bertz CT molecular complexity index is 315. The van der Waals surface area contributed by atoms with Gasteiger partial charge in [0.1, 0.15) is 0 Å². The van der Waals surface area contributed by atoms with Crippen LogP contribution in [-0.4, -0.2) is 60.4 Å². The molecule has 23 heavy (non-hydrogen) atoms. The molecule has 0 spiro atoms. The van der Waals surface area contributed by atoms with Gasteiger partial charge in [-0.2, -0.15) is 0 Å². The lowest BCUT2D eigenvalue weighted by Gasteiger charge is -2.32. The molecule has 2 fully saturated rings. The normalized spacial score (nSPS) is 17.2. The van der Waals surface area contributed by atoms with Gasteiger partial charge in [-0.05, 0) is 6.42 Å². The van der Waals surface area contributed by atoms with Crippen LogP contribution in [0.4, 0.5) is 4.79 Å². The molecule has 136 valence electrons. The number of piperazine rings is 1. The zero-order valence-electron chi connectivity index (χ0n) is 14.8. The summed E-state index contributed by atoms with van der Waals surface area (Å²) < 4.78 is 2.09. The molecule has 0 atom stereocenters. The number of hydrogen-bond donors (Lipinski definition) is 3. The molecule has 0 bridgehead atoms. The predicted octanol–water partition coefficient (Wildman–Crippen LogP) is 1.56. The van der Waals surface area contributed by atoms with Gasteiger partial charge in [0.15, 0.2) is 0 Å². The molecule has 0 aromatic heterocycles. The molecule has 0 saturated carbocycles. The van der Waals surface area contributed by atoms with E-state index in [0.29, 0.717) is 12.3 Å². The van der Waals surface area contributed by atoms with E-state index < -0.39 is 0 Å². The van der Waals surface area contributed by atoms with Gasteiger partial charge in [0, 0.05) is 57.8 Å². The van der Waals surface area contributed by atoms with Gasteiger partial charge < -0.3 is 15.5 Å². The van der Waals surface area contributed by atoms with Crippen LogP contribution in [-0.2, 0) is 4.79 Å². The fourth-order valence-corrected chi connectivity index (χ4v) is 2.52. The Labute approximate surface area is 145 Å². The van der Waals surface area contributed by atoms with Crippen molar-refractivity contribution >= 4 is 24.1 Å². The molecule has 4 N–H and O–H groups in total. The number of nitrogens with zero attached hydrogens (tertiary/aromatic N) is 2. The minimum Gasteiger partial charge on any atom is -0.340 e. The quantitative estimate of drug-likeness (QED) is 0.519. The summed E-state index contributed by atoms with van der Waals surface area (Å²) in [5.41, 5.74) is 0. The first-order chi connectivity index (χ1) is 11.2. The summed E-state index contributed by atoms with van der Waals surface area (Å²) in [6.07, 6.45) is 4.07. The number of nitrogens with two attached hydrogens (primary N) is 1. The van der Waals surface area contributed by atoms with Crippen molar-refractivity contribution in [3.8, 4) is 0 Å². The molecule has 7 nitrogen and oxygen atoms in total. The third-order valence-corrected chi connectivity index (χ3v) is 4.09. The molecule has 8 heteroatoms. The van der Waals surface area contributed by atoms with Gasteiger partial charge in [-0.25, -0.2) is 9.10 Å². The van der Waals surface area contributed by atoms with Crippen molar-refractivity contribution in [3.05, 3.63) is 0 Å². The molecule has 2 rings (SSSR count). The van der Waals surface area contributed by atoms with Crippen LogP contribution in [0.2, 0.25) is 0 Å². The Morgan fingerprint density at radius 2 is 1.70 bits per heavy atom. The first-order valence-corrected chi connectivity index (χ1v) is 9.42. The largest absolute Gasteiger partial charge is 0.340 e.